The number of halogens is 6. The molecule has 8 nitrogen and oxygen atoms in total. The molecule has 1 amide bonds. The molecule has 1 atom stereocenters. The monoisotopic (exact) mass is 653 g/mol. The van der Waals surface area contributed by atoms with Gasteiger partial charge in [-0.25, -0.2) is 39.6 Å². The minimum atomic E-state index is -5.44. The lowest BCUT2D eigenvalue weighted by Gasteiger charge is -2.41. The highest BCUT2D eigenvalue weighted by Crippen LogP contribution is 2.37. The molecule has 2 aliphatic heterocycles. The molecule has 2 fully saturated rings. The highest BCUT2D eigenvalue weighted by Gasteiger charge is 2.48. The molecule has 0 bridgehead atoms. The Hall–Kier alpha value is -3.98. The Morgan fingerprint density at radius 2 is 1.56 bits per heavy atom. The van der Waals surface area contributed by atoms with Gasteiger partial charge in [-0.1, -0.05) is 25.3 Å². The van der Waals surface area contributed by atoms with E-state index in [2.05, 4.69) is 4.98 Å². The van der Waals surface area contributed by atoms with E-state index in [4.69, 9.17) is 4.74 Å². The summed E-state index contributed by atoms with van der Waals surface area (Å²) in [7, 11) is -5.44. The van der Waals surface area contributed by atoms with Crippen molar-refractivity contribution in [2.45, 2.75) is 68.5 Å². The summed E-state index contributed by atoms with van der Waals surface area (Å²) in [5.74, 6) is -15.1. The maximum atomic E-state index is 15.8. The predicted octanol–water partition coefficient (Wildman–Crippen LogP) is 5.63. The van der Waals surface area contributed by atoms with Crippen LogP contribution in [0, 0.1) is 34.9 Å². The van der Waals surface area contributed by atoms with Crippen molar-refractivity contribution >= 4 is 27.6 Å². The predicted molar refractivity (Wildman–Crippen MR) is 145 cm³/mol. The number of fused-ring (bicyclic) bond motifs is 1. The summed E-state index contributed by atoms with van der Waals surface area (Å²) in [4.78, 5) is 29.1. The Morgan fingerprint density at radius 1 is 0.889 bits per heavy atom. The number of nitrogens with zero attached hydrogens (tertiary/aromatic N) is 3. The third kappa shape index (κ3) is 5.25. The van der Waals surface area contributed by atoms with Gasteiger partial charge >= 0.3 is 5.97 Å². The van der Waals surface area contributed by atoms with Gasteiger partial charge in [-0.2, -0.15) is 4.31 Å². The molecule has 1 unspecified atom stereocenters. The number of carbonyl (C=O) groups excluding carboxylic acids is 2. The van der Waals surface area contributed by atoms with Crippen LogP contribution in [0.25, 0.3) is 0 Å². The molecule has 3 aromatic rings. The average Bonchev–Trinajstić information content (AvgIpc) is 3.39. The third-order valence-electron chi connectivity index (χ3n) is 8.58. The Kier molecular flexibility index (Phi) is 8.10. The molecule has 1 saturated heterocycles. The van der Waals surface area contributed by atoms with Crippen LogP contribution < -0.4 is 4.90 Å². The number of hydrogen-bond donors (Lipinski definition) is 0. The van der Waals surface area contributed by atoms with Crippen molar-refractivity contribution in [1.29, 1.82) is 0 Å². The lowest BCUT2D eigenvalue weighted by atomic mass is 9.85. The van der Waals surface area contributed by atoms with E-state index in [1.807, 2.05) is 6.07 Å². The van der Waals surface area contributed by atoms with Gasteiger partial charge in [-0.05, 0) is 48.9 Å². The Balaban J connectivity index is 1.35. The van der Waals surface area contributed by atoms with Crippen molar-refractivity contribution in [3.8, 4) is 0 Å². The first kappa shape index (κ1) is 31.0. The quantitative estimate of drug-likeness (QED) is 0.142. The van der Waals surface area contributed by atoms with Gasteiger partial charge in [-0.15, -0.1) is 0 Å². The van der Waals surface area contributed by atoms with Crippen LogP contribution in [0.5, 0.6) is 0 Å². The van der Waals surface area contributed by atoms with Gasteiger partial charge in [0.25, 0.3) is 0 Å². The van der Waals surface area contributed by atoms with Crippen LogP contribution in [-0.4, -0.2) is 42.2 Å². The first-order valence-electron chi connectivity index (χ1n) is 14.2. The normalized spacial score (nSPS) is 18.8. The Labute approximate surface area is 253 Å². The third-order valence-corrected chi connectivity index (χ3v) is 10.5. The van der Waals surface area contributed by atoms with Crippen LogP contribution in [0.15, 0.2) is 35.4 Å². The van der Waals surface area contributed by atoms with E-state index in [1.54, 1.807) is 12.3 Å². The molecular weight excluding hydrogens is 628 g/mol. The summed E-state index contributed by atoms with van der Waals surface area (Å²) in [5, 5.41) is 0. The topological polar surface area (TPSA) is 96.9 Å². The number of ether oxygens (including phenoxy) is 1. The van der Waals surface area contributed by atoms with Gasteiger partial charge in [0.15, 0.2) is 34.0 Å². The van der Waals surface area contributed by atoms with E-state index < -0.39 is 80.9 Å². The number of pyridine rings is 1. The SMILES string of the molecule is O=C1OCc2c1ccc(N(Cc1ccc(C3CCCCC3)cn1)C(=O)C1CCN1S(=O)(=O)c1c(F)c(F)c(F)c(F)c1F)c2F. The number of benzene rings is 2. The molecule has 1 aliphatic carbocycles. The standard InChI is InChI=1S/C30H25F6N3O5S/c31-22-19-14-44-30(41)18(19)8-9-20(22)38(13-17-7-6-16(12-37-17)15-4-2-1-3-5-15)29(40)21-10-11-39(21)45(42,43)28-26(35)24(33)23(32)25(34)27(28)36/h6-9,12,15,21H,1-5,10-11,13-14H2. The van der Waals surface area contributed by atoms with Gasteiger partial charge in [0.2, 0.25) is 21.7 Å². The number of amides is 1. The molecule has 45 heavy (non-hydrogen) atoms. The van der Waals surface area contributed by atoms with Crippen molar-refractivity contribution in [2.24, 2.45) is 0 Å². The van der Waals surface area contributed by atoms with Crippen molar-refractivity contribution in [3.05, 3.63) is 87.7 Å². The fourth-order valence-corrected chi connectivity index (χ4v) is 7.77. The first-order chi connectivity index (χ1) is 21.4. The molecular formula is C30H25F6N3O5S. The first-order valence-corrected chi connectivity index (χ1v) is 15.6. The molecule has 3 aliphatic rings. The molecule has 1 saturated carbocycles. The Morgan fingerprint density at radius 3 is 2.16 bits per heavy atom. The van der Waals surface area contributed by atoms with E-state index in [0.717, 1.165) is 48.6 Å². The summed E-state index contributed by atoms with van der Waals surface area (Å²) in [6, 6.07) is 4.18. The molecule has 6 rings (SSSR count). The minimum absolute atomic E-state index is 0.0576. The van der Waals surface area contributed by atoms with Crippen LogP contribution in [0.1, 0.15) is 71.6 Å². The number of rotatable bonds is 7. The van der Waals surface area contributed by atoms with Gasteiger partial charge in [0.1, 0.15) is 12.6 Å². The molecule has 0 radical (unpaired) electrons. The summed E-state index contributed by atoms with van der Waals surface area (Å²) in [6.07, 6.45) is 6.79. The number of esters is 1. The summed E-state index contributed by atoms with van der Waals surface area (Å²) in [5.41, 5.74) is 0.752. The van der Waals surface area contributed by atoms with Crippen molar-refractivity contribution in [3.63, 3.8) is 0 Å². The number of aromatic nitrogens is 1. The van der Waals surface area contributed by atoms with Crippen LogP contribution in [0.2, 0.25) is 0 Å². The van der Waals surface area contributed by atoms with E-state index in [-0.39, 0.29) is 29.8 Å². The molecule has 0 N–H and O–H groups in total. The van der Waals surface area contributed by atoms with Crippen LogP contribution in [0.4, 0.5) is 32.0 Å². The van der Waals surface area contributed by atoms with Crippen molar-refractivity contribution in [1.82, 2.24) is 9.29 Å². The number of anilines is 1. The summed E-state index contributed by atoms with van der Waals surface area (Å²) >= 11 is 0. The Bertz CT molecular complexity index is 1790. The number of cyclic esters (lactones) is 1. The maximum absolute atomic E-state index is 15.8. The van der Waals surface area contributed by atoms with Crippen molar-refractivity contribution in [2.75, 3.05) is 11.4 Å². The summed E-state index contributed by atoms with van der Waals surface area (Å²) in [6.45, 7) is -1.27. The zero-order valence-electron chi connectivity index (χ0n) is 23.5. The fraction of sp³-hybridized carbons (Fsp3) is 0.367. The van der Waals surface area contributed by atoms with E-state index in [1.165, 1.54) is 6.07 Å². The van der Waals surface area contributed by atoms with Crippen LogP contribution >= 0.6 is 0 Å². The van der Waals surface area contributed by atoms with Crippen LogP contribution in [0.3, 0.4) is 0 Å². The highest BCUT2D eigenvalue weighted by atomic mass is 32.2. The molecule has 15 heteroatoms. The second-order valence-electron chi connectivity index (χ2n) is 11.2. The smallest absolute Gasteiger partial charge is 0.338 e. The zero-order chi connectivity index (χ0) is 32.2. The van der Waals surface area contributed by atoms with E-state index in [0.29, 0.717) is 15.9 Å². The molecule has 238 valence electrons. The van der Waals surface area contributed by atoms with Gasteiger partial charge in [-0.3, -0.25) is 9.78 Å². The minimum Gasteiger partial charge on any atom is -0.457 e. The van der Waals surface area contributed by atoms with Gasteiger partial charge in [0.05, 0.1) is 23.5 Å². The summed E-state index contributed by atoms with van der Waals surface area (Å²) < 4.78 is 118. The van der Waals surface area contributed by atoms with Gasteiger partial charge in [0, 0.05) is 18.3 Å². The van der Waals surface area contributed by atoms with E-state index in [9.17, 15) is 40.0 Å². The lowest BCUT2D eigenvalue weighted by molar-refractivity contribution is -0.125. The van der Waals surface area contributed by atoms with E-state index >= 15 is 4.39 Å². The number of hydrogen-bond acceptors (Lipinski definition) is 6. The highest BCUT2D eigenvalue weighted by molar-refractivity contribution is 7.89. The number of sulfonamides is 1. The second kappa shape index (κ2) is 11.7. The second-order valence-corrected chi connectivity index (χ2v) is 13.0. The average molecular weight is 654 g/mol. The molecule has 3 heterocycles. The maximum Gasteiger partial charge on any atom is 0.338 e. The fourth-order valence-electron chi connectivity index (χ4n) is 6.02. The van der Waals surface area contributed by atoms with Gasteiger partial charge < -0.3 is 9.64 Å². The molecule has 0 spiro atoms. The lowest BCUT2D eigenvalue weighted by Crippen LogP contribution is -2.59. The van der Waals surface area contributed by atoms with Crippen LogP contribution in [-0.2, 0) is 32.7 Å². The van der Waals surface area contributed by atoms with Crippen molar-refractivity contribution < 1.29 is 49.1 Å². The molecule has 1 aromatic heterocycles. The number of carbonyl (C=O) groups is 2. The zero-order valence-corrected chi connectivity index (χ0v) is 24.3. The molecule has 2 aromatic carbocycles. The largest absolute Gasteiger partial charge is 0.457 e.